The van der Waals surface area contributed by atoms with E-state index in [1.807, 2.05) is 6.08 Å². The Bertz CT molecular complexity index is 336. The Hall–Kier alpha value is -0.640. The Morgan fingerprint density at radius 3 is 2.80 bits per heavy atom. The number of halogens is 1. The van der Waals surface area contributed by atoms with Gasteiger partial charge >= 0.3 is 0 Å². The lowest BCUT2D eigenvalue weighted by Crippen LogP contribution is -2.17. The zero-order valence-corrected chi connectivity index (χ0v) is 10.6. The van der Waals surface area contributed by atoms with Crippen LogP contribution in [0.2, 0.25) is 0 Å². The molecule has 0 saturated carbocycles. The summed E-state index contributed by atoms with van der Waals surface area (Å²) in [6.07, 6.45) is 1.90. The topological polar surface area (TPSA) is 29.3 Å². The lowest BCUT2D eigenvalue weighted by Gasteiger charge is -2.15. The first-order chi connectivity index (χ1) is 7.17. The van der Waals surface area contributed by atoms with E-state index in [2.05, 4.69) is 52.7 Å². The Balaban J connectivity index is 2.73. The van der Waals surface area contributed by atoms with Gasteiger partial charge in [-0.2, -0.15) is 0 Å². The maximum absolute atomic E-state index is 5.57. The second-order valence-corrected chi connectivity index (χ2v) is 4.47. The number of hydrogen-bond acceptors (Lipinski definition) is 2. The zero-order chi connectivity index (χ0) is 11.3. The summed E-state index contributed by atoms with van der Waals surface area (Å²) < 4.78 is 1.13. The first kappa shape index (κ1) is 12.4. The van der Waals surface area contributed by atoms with Gasteiger partial charge in [0, 0.05) is 24.1 Å². The summed E-state index contributed by atoms with van der Waals surface area (Å²) in [6, 6.07) is 6.27. The average Bonchev–Trinajstić information content (AvgIpc) is 2.21. The minimum Gasteiger partial charge on any atom is -0.326 e. The number of hydrogen-bond donors (Lipinski definition) is 1. The molecule has 0 bridgehead atoms. The Labute approximate surface area is 99.9 Å². The van der Waals surface area contributed by atoms with Crippen molar-refractivity contribution in [3.8, 4) is 0 Å². The fourth-order valence-corrected chi connectivity index (χ4v) is 1.97. The van der Waals surface area contributed by atoms with Crippen LogP contribution in [0.4, 0.5) is 0 Å². The van der Waals surface area contributed by atoms with Crippen LogP contribution in [0.25, 0.3) is 0 Å². The molecule has 1 aromatic carbocycles. The van der Waals surface area contributed by atoms with Crippen molar-refractivity contribution in [3.63, 3.8) is 0 Å². The van der Waals surface area contributed by atoms with Gasteiger partial charge in [0.05, 0.1) is 0 Å². The van der Waals surface area contributed by atoms with Gasteiger partial charge in [-0.1, -0.05) is 34.1 Å². The third-order valence-electron chi connectivity index (χ3n) is 2.23. The highest BCUT2D eigenvalue weighted by Crippen LogP contribution is 2.19. The van der Waals surface area contributed by atoms with Gasteiger partial charge in [0.2, 0.25) is 0 Å². The maximum atomic E-state index is 5.57. The van der Waals surface area contributed by atoms with Crippen molar-refractivity contribution in [1.29, 1.82) is 0 Å². The molecule has 1 rings (SSSR count). The van der Waals surface area contributed by atoms with Crippen LogP contribution < -0.4 is 5.73 Å². The molecule has 1 aromatic rings. The molecule has 0 aliphatic carbocycles. The van der Waals surface area contributed by atoms with Gasteiger partial charge in [0.25, 0.3) is 0 Å². The molecule has 0 aliphatic rings. The van der Waals surface area contributed by atoms with E-state index in [4.69, 9.17) is 5.73 Å². The Morgan fingerprint density at radius 2 is 2.27 bits per heavy atom. The minimum absolute atomic E-state index is 0.585. The lowest BCUT2D eigenvalue weighted by atomic mass is 10.1. The molecule has 0 unspecified atom stereocenters. The molecule has 3 heteroatoms. The predicted molar refractivity (Wildman–Crippen MR) is 68.6 cm³/mol. The third kappa shape index (κ3) is 3.78. The van der Waals surface area contributed by atoms with Gasteiger partial charge in [-0.05, 0) is 24.2 Å². The molecule has 0 atom stereocenters. The number of rotatable bonds is 5. The largest absolute Gasteiger partial charge is 0.326 e. The first-order valence-corrected chi connectivity index (χ1v) is 5.73. The molecule has 0 fully saturated rings. The molecule has 0 spiro atoms. The van der Waals surface area contributed by atoms with Gasteiger partial charge in [-0.15, -0.1) is 6.58 Å². The van der Waals surface area contributed by atoms with E-state index in [1.54, 1.807) is 0 Å². The van der Waals surface area contributed by atoms with Crippen LogP contribution >= 0.6 is 15.9 Å². The smallest absolute Gasteiger partial charge is 0.0245 e. The number of likely N-dealkylation sites (N-methyl/N-ethyl adjacent to an activating group) is 1. The predicted octanol–water partition coefficient (Wildman–Crippen LogP) is 2.53. The van der Waals surface area contributed by atoms with Crippen molar-refractivity contribution in [2.75, 3.05) is 13.6 Å². The molecule has 0 amide bonds. The quantitative estimate of drug-likeness (QED) is 0.832. The summed E-state index contributed by atoms with van der Waals surface area (Å²) in [5, 5.41) is 0. The average molecular weight is 269 g/mol. The highest BCUT2D eigenvalue weighted by molar-refractivity contribution is 9.10. The fourth-order valence-electron chi connectivity index (χ4n) is 1.42. The Morgan fingerprint density at radius 1 is 1.53 bits per heavy atom. The van der Waals surface area contributed by atoms with Crippen LogP contribution in [0.5, 0.6) is 0 Å². The molecule has 0 aliphatic heterocycles. The summed E-state index contributed by atoms with van der Waals surface area (Å²) in [6.45, 7) is 6.11. The summed E-state index contributed by atoms with van der Waals surface area (Å²) in [4.78, 5) is 2.20. The molecule has 0 aromatic heterocycles. The van der Waals surface area contributed by atoms with Gasteiger partial charge in [0.15, 0.2) is 0 Å². The van der Waals surface area contributed by atoms with E-state index < -0.39 is 0 Å². The molecule has 2 N–H and O–H groups in total. The van der Waals surface area contributed by atoms with Gasteiger partial charge < -0.3 is 5.73 Å². The minimum atomic E-state index is 0.585. The number of nitrogens with zero attached hydrogens (tertiary/aromatic N) is 1. The molecule has 15 heavy (non-hydrogen) atoms. The normalized spacial score (nSPS) is 10.7. The molecular formula is C12H17BrN2. The maximum Gasteiger partial charge on any atom is 0.0245 e. The monoisotopic (exact) mass is 268 g/mol. The molecule has 0 saturated heterocycles. The van der Waals surface area contributed by atoms with Crippen molar-refractivity contribution in [2.24, 2.45) is 5.73 Å². The van der Waals surface area contributed by atoms with E-state index >= 15 is 0 Å². The van der Waals surface area contributed by atoms with Crippen molar-refractivity contribution in [3.05, 3.63) is 46.5 Å². The standard InChI is InChI=1S/C12H17BrN2/c1-3-6-15(2)9-11-5-4-10(8-14)7-12(11)13/h3-5,7H,1,6,8-9,14H2,2H3. The van der Waals surface area contributed by atoms with Crippen LogP contribution in [0.15, 0.2) is 35.3 Å². The number of benzene rings is 1. The summed E-state index contributed by atoms with van der Waals surface area (Å²) in [5.74, 6) is 0. The van der Waals surface area contributed by atoms with Crippen LogP contribution in [0.3, 0.4) is 0 Å². The van der Waals surface area contributed by atoms with Crippen molar-refractivity contribution >= 4 is 15.9 Å². The van der Waals surface area contributed by atoms with Crippen molar-refractivity contribution in [2.45, 2.75) is 13.1 Å². The van der Waals surface area contributed by atoms with E-state index in [1.165, 1.54) is 5.56 Å². The third-order valence-corrected chi connectivity index (χ3v) is 2.97. The van der Waals surface area contributed by atoms with E-state index in [0.717, 1.165) is 23.1 Å². The lowest BCUT2D eigenvalue weighted by molar-refractivity contribution is 0.363. The Kier molecular flexibility index (Phi) is 5.02. The summed E-state index contributed by atoms with van der Waals surface area (Å²) in [7, 11) is 2.07. The van der Waals surface area contributed by atoms with Crippen LogP contribution in [-0.2, 0) is 13.1 Å². The highest BCUT2D eigenvalue weighted by Gasteiger charge is 2.03. The van der Waals surface area contributed by atoms with E-state index in [-0.39, 0.29) is 0 Å². The van der Waals surface area contributed by atoms with Crippen LogP contribution in [0, 0.1) is 0 Å². The molecule has 0 radical (unpaired) electrons. The van der Waals surface area contributed by atoms with Crippen molar-refractivity contribution < 1.29 is 0 Å². The SMILES string of the molecule is C=CCN(C)Cc1ccc(CN)cc1Br. The highest BCUT2D eigenvalue weighted by atomic mass is 79.9. The molecule has 0 heterocycles. The van der Waals surface area contributed by atoms with Gasteiger partial charge in [-0.3, -0.25) is 4.90 Å². The van der Waals surface area contributed by atoms with Crippen molar-refractivity contribution in [1.82, 2.24) is 4.90 Å². The van der Waals surface area contributed by atoms with Gasteiger partial charge in [0.1, 0.15) is 0 Å². The second-order valence-electron chi connectivity index (χ2n) is 3.62. The number of nitrogens with two attached hydrogens (primary N) is 1. The summed E-state index contributed by atoms with van der Waals surface area (Å²) >= 11 is 3.56. The van der Waals surface area contributed by atoms with E-state index in [9.17, 15) is 0 Å². The fraction of sp³-hybridized carbons (Fsp3) is 0.333. The summed E-state index contributed by atoms with van der Waals surface area (Å²) in [5.41, 5.74) is 8.00. The van der Waals surface area contributed by atoms with Gasteiger partial charge in [-0.25, -0.2) is 0 Å². The van der Waals surface area contributed by atoms with E-state index in [0.29, 0.717) is 6.54 Å². The zero-order valence-electron chi connectivity index (χ0n) is 9.04. The molecule has 2 nitrogen and oxygen atoms in total. The molecule has 82 valence electrons. The van der Waals surface area contributed by atoms with Crippen LogP contribution in [0.1, 0.15) is 11.1 Å². The molecular weight excluding hydrogens is 252 g/mol. The first-order valence-electron chi connectivity index (χ1n) is 4.94. The van der Waals surface area contributed by atoms with Crippen LogP contribution in [-0.4, -0.2) is 18.5 Å². The second kappa shape index (κ2) is 6.05.